The van der Waals surface area contributed by atoms with E-state index in [9.17, 15) is 18.9 Å². The van der Waals surface area contributed by atoms with Gasteiger partial charge in [0, 0.05) is 18.7 Å². The van der Waals surface area contributed by atoms with Crippen LogP contribution in [0.3, 0.4) is 0 Å². The number of hydrogen-bond acceptors (Lipinski definition) is 13. The highest BCUT2D eigenvalue weighted by Gasteiger charge is 2.24. The predicted molar refractivity (Wildman–Crippen MR) is 362 cm³/mol. The number of hydrogen-bond donors (Lipinski definition) is 8. The molecule has 0 aliphatic heterocycles. The highest BCUT2D eigenvalue weighted by molar-refractivity contribution is 7.53. The third-order valence-corrected chi connectivity index (χ3v) is 17.6. The van der Waals surface area contributed by atoms with Gasteiger partial charge in [-0.3, -0.25) is 18.7 Å². The van der Waals surface area contributed by atoms with Crippen LogP contribution in [0.25, 0.3) is 11.2 Å². The highest BCUT2D eigenvalue weighted by atomic mass is 31.2. The van der Waals surface area contributed by atoms with Crippen LogP contribution in [0.5, 0.6) is 0 Å². The molecule has 0 bridgehead atoms. The lowest BCUT2D eigenvalue weighted by Gasteiger charge is -2.19. The zero-order chi connectivity index (χ0) is 61.6. The molecular weight excluding hydrogens is 1100 g/mol. The molecule has 3 rings (SSSR count). The molecule has 9 N–H and O–H groups in total. The van der Waals surface area contributed by atoms with Gasteiger partial charge in [-0.15, -0.1) is 0 Å². The van der Waals surface area contributed by atoms with Crippen molar-refractivity contribution >= 4 is 42.3 Å². The molecule has 490 valence electrons. The molecule has 0 spiro atoms. The average molecular weight is 1220 g/mol. The number of fused-ring (bicyclic) bond motifs is 1. The maximum absolute atomic E-state index is 13.9. The molecule has 0 radical (unpaired) electrons. The summed E-state index contributed by atoms with van der Waals surface area (Å²) < 4.78 is 27.6. The third kappa shape index (κ3) is 38.8. The van der Waals surface area contributed by atoms with Crippen molar-refractivity contribution in [1.82, 2.24) is 46.1 Å². The van der Waals surface area contributed by atoms with Gasteiger partial charge in [0.1, 0.15) is 5.52 Å². The second-order valence-electron chi connectivity index (χ2n) is 23.6. The Labute approximate surface area is 520 Å². The molecule has 0 saturated carbocycles. The van der Waals surface area contributed by atoms with Crippen molar-refractivity contribution in [2.75, 3.05) is 89.3 Å². The Bertz CT molecular complexity index is 2260. The predicted octanol–water partition coefficient (Wildman–Crippen LogP) is 14.8. The van der Waals surface area contributed by atoms with E-state index in [4.69, 9.17) is 14.8 Å². The number of allylic oxidation sites excluding steroid dienone is 4. The summed E-state index contributed by atoms with van der Waals surface area (Å²) in [5, 5.41) is 19.3. The lowest BCUT2D eigenvalue weighted by atomic mass is 10.1. The van der Waals surface area contributed by atoms with Gasteiger partial charge in [-0.25, -0.2) is 4.79 Å². The number of unbranched alkanes of at least 4 members (excludes halogenated alkanes) is 26. The summed E-state index contributed by atoms with van der Waals surface area (Å²) in [6.07, 6.45) is 52.0. The molecule has 3 aromatic rings. The number of carbonyl (C=O) groups excluding carboxylic acids is 2. The standard InChI is InChI=1S/C68H122N11O6P/c1-4-7-10-12-14-16-18-20-22-24-26-28-30-32-34-38-55-84-86(83,85-56-39-35-33-31-29-27-25-23-21-19-17-15-13-11-8-5-2)57-42-52-72-50-40-49-70-47-36-37-48-71-51-41-54-73-62(80)58-75-66(81)61-45-43-60(44-46-61)59-79-65-63(76-68(79)82)64(69)77-67(78-65)74-53-9-6-3/h20-23,43-46,70-72H,4-19,24-42,47-59H2,1-3H3,(H,73,80)(H,75,81)(H,76,82)(H3,69,74,77,78)/b22-20-,23-21-. The molecule has 17 nitrogen and oxygen atoms in total. The maximum atomic E-state index is 13.9. The van der Waals surface area contributed by atoms with Crippen LogP contribution in [-0.2, 0) is 25.0 Å². The molecule has 0 atom stereocenters. The third-order valence-electron chi connectivity index (χ3n) is 15.6. The number of nitrogen functional groups attached to an aromatic ring is 1. The van der Waals surface area contributed by atoms with E-state index in [1.165, 1.54) is 159 Å². The first-order valence-corrected chi connectivity index (χ1v) is 36.4. The molecule has 0 aliphatic carbocycles. The Morgan fingerprint density at radius 1 is 0.535 bits per heavy atom. The lowest BCUT2D eigenvalue weighted by Crippen LogP contribution is -2.37. The minimum Gasteiger partial charge on any atom is -0.382 e. The van der Waals surface area contributed by atoms with Crippen LogP contribution in [0.4, 0.5) is 11.8 Å². The number of aromatic nitrogens is 4. The number of nitrogens with one attached hydrogen (secondary N) is 7. The van der Waals surface area contributed by atoms with Crippen LogP contribution in [0, 0.1) is 0 Å². The lowest BCUT2D eigenvalue weighted by molar-refractivity contribution is -0.120. The van der Waals surface area contributed by atoms with E-state index in [1.807, 2.05) is 0 Å². The van der Waals surface area contributed by atoms with Gasteiger partial charge in [0.15, 0.2) is 11.5 Å². The minimum atomic E-state index is -3.14. The van der Waals surface area contributed by atoms with Crippen LogP contribution in [-0.4, -0.2) is 110 Å². The monoisotopic (exact) mass is 1220 g/mol. The van der Waals surface area contributed by atoms with E-state index in [0.717, 1.165) is 115 Å². The SMILES string of the molecule is CCCCCCCC/C=C\CCCCCCCCOP(=O)(CCCNCCCNCCCCNCCCNC(=O)CNC(=O)c1ccc(Cn2c(=O)[nH]c3c(N)nc(NCCCC)nc32)cc1)OCCCCCCCC/C=C\CCCCCCCC. The van der Waals surface area contributed by atoms with Crippen molar-refractivity contribution in [2.45, 2.75) is 252 Å². The topological polar surface area (TPSA) is 231 Å². The van der Waals surface area contributed by atoms with Crippen molar-refractivity contribution in [3.05, 3.63) is 70.2 Å². The van der Waals surface area contributed by atoms with Crippen LogP contribution >= 0.6 is 7.60 Å². The summed E-state index contributed by atoms with van der Waals surface area (Å²) >= 11 is 0. The maximum Gasteiger partial charge on any atom is 0.330 e. The number of aromatic amines is 1. The van der Waals surface area contributed by atoms with E-state index in [0.29, 0.717) is 55.1 Å². The Balaban J connectivity index is 1.18. The molecule has 0 fully saturated rings. The van der Waals surface area contributed by atoms with Gasteiger partial charge in [-0.05, 0) is 160 Å². The molecule has 2 heterocycles. The van der Waals surface area contributed by atoms with Crippen molar-refractivity contribution < 1.29 is 23.2 Å². The Morgan fingerprint density at radius 3 is 1.50 bits per heavy atom. The summed E-state index contributed by atoms with van der Waals surface area (Å²) in [6.45, 7) is 14.3. The molecule has 1 aromatic carbocycles. The van der Waals surface area contributed by atoms with E-state index in [1.54, 1.807) is 24.3 Å². The summed E-state index contributed by atoms with van der Waals surface area (Å²) in [4.78, 5) is 49.6. The van der Waals surface area contributed by atoms with Crippen LogP contribution in [0.2, 0.25) is 0 Å². The normalized spacial score (nSPS) is 11.9. The highest BCUT2D eigenvalue weighted by Crippen LogP contribution is 2.49. The fraction of sp³-hybridized carbons (Fsp3) is 0.750. The first-order chi connectivity index (χ1) is 42.2. The fourth-order valence-corrected chi connectivity index (χ4v) is 11.9. The summed E-state index contributed by atoms with van der Waals surface area (Å²) in [5.74, 6) is -0.0472. The van der Waals surface area contributed by atoms with Gasteiger partial charge in [-0.1, -0.05) is 179 Å². The molecule has 2 aromatic heterocycles. The van der Waals surface area contributed by atoms with Crippen molar-refractivity contribution in [1.29, 1.82) is 0 Å². The van der Waals surface area contributed by atoms with Crippen molar-refractivity contribution in [3.63, 3.8) is 0 Å². The number of benzene rings is 1. The molecule has 2 amide bonds. The number of imidazole rings is 1. The number of rotatable bonds is 60. The number of anilines is 2. The second kappa shape index (κ2) is 52.5. The average Bonchev–Trinajstić information content (AvgIpc) is 3.25. The number of carbonyl (C=O) groups is 2. The van der Waals surface area contributed by atoms with Gasteiger partial charge >= 0.3 is 13.3 Å². The van der Waals surface area contributed by atoms with E-state index in [2.05, 4.69) is 91.9 Å². The number of nitrogens with zero attached hydrogens (tertiary/aromatic N) is 3. The molecule has 0 unspecified atom stereocenters. The molecule has 0 saturated heterocycles. The van der Waals surface area contributed by atoms with Crippen molar-refractivity contribution in [3.8, 4) is 0 Å². The Morgan fingerprint density at radius 2 is 0.988 bits per heavy atom. The molecule has 86 heavy (non-hydrogen) atoms. The van der Waals surface area contributed by atoms with E-state index in [-0.39, 0.29) is 36.4 Å². The van der Waals surface area contributed by atoms with Gasteiger partial charge in [0.2, 0.25) is 11.9 Å². The van der Waals surface area contributed by atoms with E-state index >= 15 is 0 Å². The first-order valence-electron chi connectivity index (χ1n) is 34.6. The zero-order valence-electron chi connectivity index (χ0n) is 54.4. The summed E-state index contributed by atoms with van der Waals surface area (Å²) in [5.41, 5.74) is 7.74. The molecular formula is C68H122N11O6P. The zero-order valence-corrected chi connectivity index (χ0v) is 55.3. The Kier molecular flexibility index (Phi) is 46.4. The van der Waals surface area contributed by atoms with Crippen molar-refractivity contribution in [2.24, 2.45) is 0 Å². The fourth-order valence-electron chi connectivity index (χ4n) is 10.2. The summed E-state index contributed by atoms with van der Waals surface area (Å²) in [7, 11) is -3.14. The number of H-pyrrole nitrogens is 1. The van der Waals surface area contributed by atoms with Gasteiger partial charge in [0.05, 0.1) is 32.5 Å². The van der Waals surface area contributed by atoms with Gasteiger partial charge in [0.25, 0.3) is 5.91 Å². The van der Waals surface area contributed by atoms with E-state index < -0.39 is 7.60 Å². The quantitative estimate of drug-likeness (QED) is 0.0150. The second-order valence-corrected chi connectivity index (χ2v) is 25.7. The van der Waals surface area contributed by atoms with Crippen LogP contribution in [0.15, 0.2) is 53.4 Å². The van der Waals surface area contributed by atoms with Gasteiger partial charge < -0.3 is 51.7 Å². The minimum absolute atomic E-state index is 0.122. The number of amides is 2. The summed E-state index contributed by atoms with van der Waals surface area (Å²) in [6, 6.07) is 6.88. The van der Waals surface area contributed by atoms with Crippen LogP contribution < -0.4 is 43.3 Å². The smallest absolute Gasteiger partial charge is 0.330 e. The van der Waals surface area contributed by atoms with Crippen LogP contribution in [0.1, 0.15) is 261 Å². The van der Waals surface area contributed by atoms with Gasteiger partial charge in [-0.2, -0.15) is 9.97 Å². The number of nitrogens with two attached hydrogens (primary N) is 1. The first kappa shape index (κ1) is 75.9. The largest absolute Gasteiger partial charge is 0.382 e. The molecule has 18 heteroatoms. The Hall–Kier alpha value is -4.38. The molecule has 0 aliphatic rings.